The summed E-state index contributed by atoms with van der Waals surface area (Å²) in [6, 6.07) is 0.171. The topological polar surface area (TPSA) is 61.9 Å². The zero-order chi connectivity index (χ0) is 11.4. The van der Waals surface area contributed by atoms with Crippen LogP contribution in [-0.2, 0) is 0 Å². The predicted octanol–water partition coefficient (Wildman–Crippen LogP) is 1.31. The minimum atomic E-state index is -0.0869. The lowest BCUT2D eigenvalue weighted by Crippen LogP contribution is -2.40. The Bertz CT molecular complexity index is 305. The van der Waals surface area contributed by atoms with E-state index in [1.165, 1.54) is 6.33 Å². The predicted molar refractivity (Wildman–Crippen MR) is 57.4 cm³/mol. The maximum absolute atomic E-state index is 12.0. The SMILES string of the molecule is CC(C)CN(C(=O)c1ncn[nH]1)C(C)C. The van der Waals surface area contributed by atoms with Gasteiger partial charge in [-0.05, 0) is 19.8 Å². The van der Waals surface area contributed by atoms with Crippen molar-refractivity contribution in [1.82, 2.24) is 20.1 Å². The molecule has 1 aromatic rings. The molecule has 5 nitrogen and oxygen atoms in total. The van der Waals surface area contributed by atoms with E-state index >= 15 is 0 Å². The summed E-state index contributed by atoms with van der Waals surface area (Å²) in [6.45, 7) is 8.90. The molecule has 0 radical (unpaired) electrons. The van der Waals surface area contributed by atoms with Gasteiger partial charge in [0.2, 0.25) is 5.82 Å². The fourth-order valence-electron chi connectivity index (χ4n) is 1.37. The molecule has 1 rings (SSSR count). The number of aromatic amines is 1. The van der Waals surface area contributed by atoms with Crippen molar-refractivity contribution in [3.63, 3.8) is 0 Å². The average Bonchev–Trinajstić information content (AvgIpc) is 2.65. The molecular weight excluding hydrogens is 192 g/mol. The second-order valence-electron chi connectivity index (χ2n) is 4.28. The van der Waals surface area contributed by atoms with Crippen LogP contribution in [0, 0.1) is 5.92 Å². The van der Waals surface area contributed by atoms with E-state index in [4.69, 9.17) is 0 Å². The van der Waals surface area contributed by atoms with Gasteiger partial charge in [0, 0.05) is 12.6 Å². The van der Waals surface area contributed by atoms with Gasteiger partial charge >= 0.3 is 0 Å². The van der Waals surface area contributed by atoms with Gasteiger partial charge in [0.25, 0.3) is 5.91 Å². The second-order valence-corrected chi connectivity index (χ2v) is 4.28. The molecule has 84 valence electrons. The first-order chi connectivity index (χ1) is 7.02. The first-order valence-electron chi connectivity index (χ1n) is 5.18. The highest BCUT2D eigenvalue weighted by molar-refractivity contribution is 5.90. The number of hydrogen-bond acceptors (Lipinski definition) is 3. The minimum absolute atomic E-state index is 0.0869. The number of carbonyl (C=O) groups excluding carboxylic acids is 1. The summed E-state index contributed by atoms with van der Waals surface area (Å²) in [6.07, 6.45) is 1.35. The quantitative estimate of drug-likeness (QED) is 0.815. The van der Waals surface area contributed by atoms with Gasteiger partial charge < -0.3 is 4.90 Å². The van der Waals surface area contributed by atoms with Crippen molar-refractivity contribution in [2.45, 2.75) is 33.7 Å². The monoisotopic (exact) mass is 210 g/mol. The number of H-pyrrole nitrogens is 1. The van der Waals surface area contributed by atoms with Crippen LogP contribution in [0.5, 0.6) is 0 Å². The maximum Gasteiger partial charge on any atom is 0.291 e. The number of aromatic nitrogens is 3. The lowest BCUT2D eigenvalue weighted by atomic mass is 10.2. The van der Waals surface area contributed by atoms with E-state index < -0.39 is 0 Å². The van der Waals surface area contributed by atoms with E-state index in [1.807, 2.05) is 13.8 Å². The molecule has 0 aliphatic carbocycles. The Morgan fingerprint density at radius 2 is 2.13 bits per heavy atom. The first kappa shape index (κ1) is 11.7. The highest BCUT2D eigenvalue weighted by atomic mass is 16.2. The molecule has 0 aromatic carbocycles. The molecule has 0 aliphatic heterocycles. The minimum Gasteiger partial charge on any atom is -0.333 e. The van der Waals surface area contributed by atoms with Gasteiger partial charge in [-0.3, -0.25) is 9.89 Å². The Hall–Kier alpha value is -1.39. The third kappa shape index (κ3) is 3.04. The molecule has 5 heteroatoms. The molecule has 0 fully saturated rings. The average molecular weight is 210 g/mol. The summed E-state index contributed by atoms with van der Waals surface area (Å²) < 4.78 is 0. The number of hydrogen-bond donors (Lipinski definition) is 1. The van der Waals surface area contributed by atoms with E-state index in [0.29, 0.717) is 11.7 Å². The fraction of sp³-hybridized carbons (Fsp3) is 0.700. The van der Waals surface area contributed by atoms with E-state index in [-0.39, 0.29) is 11.9 Å². The van der Waals surface area contributed by atoms with Crippen molar-refractivity contribution >= 4 is 5.91 Å². The number of carbonyl (C=O) groups is 1. The van der Waals surface area contributed by atoms with Crippen LogP contribution in [0.4, 0.5) is 0 Å². The van der Waals surface area contributed by atoms with Crippen molar-refractivity contribution in [3.8, 4) is 0 Å². The number of nitrogens with one attached hydrogen (secondary N) is 1. The van der Waals surface area contributed by atoms with Gasteiger partial charge in [-0.25, -0.2) is 4.98 Å². The van der Waals surface area contributed by atoms with Crippen LogP contribution in [0.3, 0.4) is 0 Å². The fourth-order valence-corrected chi connectivity index (χ4v) is 1.37. The van der Waals surface area contributed by atoms with Crippen LogP contribution >= 0.6 is 0 Å². The van der Waals surface area contributed by atoms with Crippen molar-refractivity contribution < 1.29 is 4.79 Å². The van der Waals surface area contributed by atoms with Crippen molar-refractivity contribution in [2.75, 3.05) is 6.54 Å². The third-order valence-electron chi connectivity index (χ3n) is 2.06. The summed E-state index contributed by atoms with van der Waals surface area (Å²) >= 11 is 0. The van der Waals surface area contributed by atoms with Crippen LogP contribution in [0.25, 0.3) is 0 Å². The van der Waals surface area contributed by atoms with E-state index in [0.717, 1.165) is 6.54 Å². The van der Waals surface area contributed by atoms with Crippen LogP contribution in [0.2, 0.25) is 0 Å². The van der Waals surface area contributed by atoms with Gasteiger partial charge in [0.1, 0.15) is 6.33 Å². The molecule has 0 atom stereocenters. The molecule has 0 bridgehead atoms. The Labute approximate surface area is 89.9 Å². The molecule has 0 unspecified atom stereocenters. The summed E-state index contributed by atoms with van der Waals surface area (Å²) in [5, 5.41) is 6.27. The maximum atomic E-state index is 12.0. The molecule has 1 heterocycles. The first-order valence-corrected chi connectivity index (χ1v) is 5.18. The molecule has 0 spiro atoms. The van der Waals surface area contributed by atoms with E-state index in [1.54, 1.807) is 4.90 Å². The highest BCUT2D eigenvalue weighted by Gasteiger charge is 2.21. The van der Waals surface area contributed by atoms with Crippen LogP contribution < -0.4 is 0 Å². The second kappa shape index (κ2) is 4.91. The van der Waals surface area contributed by atoms with Gasteiger partial charge in [-0.15, -0.1) is 0 Å². The Morgan fingerprint density at radius 1 is 1.47 bits per heavy atom. The lowest BCUT2D eigenvalue weighted by molar-refractivity contribution is 0.0670. The zero-order valence-electron chi connectivity index (χ0n) is 9.69. The van der Waals surface area contributed by atoms with Crippen LogP contribution in [0.15, 0.2) is 6.33 Å². The molecule has 0 saturated heterocycles. The highest BCUT2D eigenvalue weighted by Crippen LogP contribution is 2.07. The van der Waals surface area contributed by atoms with Crippen LogP contribution in [0.1, 0.15) is 38.3 Å². The van der Waals surface area contributed by atoms with Crippen molar-refractivity contribution in [1.29, 1.82) is 0 Å². The van der Waals surface area contributed by atoms with Gasteiger partial charge in [0.05, 0.1) is 0 Å². The molecule has 0 saturated carbocycles. The molecular formula is C10H18N4O. The lowest BCUT2D eigenvalue weighted by Gasteiger charge is -2.27. The molecule has 15 heavy (non-hydrogen) atoms. The smallest absolute Gasteiger partial charge is 0.291 e. The van der Waals surface area contributed by atoms with Gasteiger partial charge in [0.15, 0.2) is 0 Å². The van der Waals surface area contributed by atoms with Gasteiger partial charge in [-0.1, -0.05) is 13.8 Å². The number of amides is 1. The van der Waals surface area contributed by atoms with E-state index in [2.05, 4.69) is 29.0 Å². The third-order valence-corrected chi connectivity index (χ3v) is 2.06. The van der Waals surface area contributed by atoms with Crippen molar-refractivity contribution in [2.24, 2.45) is 5.92 Å². The van der Waals surface area contributed by atoms with Crippen LogP contribution in [-0.4, -0.2) is 38.6 Å². The molecule has 1 N–H and O–H groups in total. The zero-order valence-corrected chi connectivity index (χ0v) is 9.69. The summed E-state index contributed by atoms with van der Waals surface area (Å²) in [7, 11) is 0. The number of nitrogens with zero attached hydrogens (tertiary/aromatic N) is 3. The standard InChI is InChI=1S/C10H18N4O/c1-7(2)5-14(8(3)4)10(15)9-11-6-12-13-9/h6-8H,5H2,1-4H3,(H,11,12,13). The molecule has 1 aromatic heterocycles. The largest absolute Gasteiger partial charge is 0.333 e. The Balaban J connectivity index is 2.76. The van der Waals surface area contributed by atoms with E-state index in [9.17, 15) is 4.79 Å². The van der Waals surface area contributed by atoms with Crippen molar-refractivity contribution in [3.05, 3.63) is 12.2 Å². The molecule has 0 aliphatic rings. The summed E-state index contributed by atoms with van der Waals surface area (Å²) in [5.74, 6) is 0.667. The summed E-state index contributed by atoms with van der Waals surface area (Å²) in [5.41, 5.74) is 0. The normalized spacial score (nSPS) is 11.1. The Kier molecular flexibility index (Phi) is 3.82. The summed E-state index contributed by atoms with van der Waals surface area (Å²) in [4.78, 5) is 17.6. The molecule has 1 amide bonds. The Morgan fingerprint density at radius 3 is 2.53 bits per heavy atom. The van der Waals surface area contributed by atoms with Gasteiger partial charge in [-0.2, -0.15) is 5.10 Å². The number of rotatable bonds is 4.